The summed E-state index contributed by atoms with van der Waals surface area (Å²) in [5, 5.41) is 0. The topological polar surface area (TPSA) is 15.8 Å². The molecule has 17 heavy (non-hydrogen) atoms. The molecule has 1 heteroatoms. The molecule has 2 aliphatic rings. The van der Waals surface area contributed by atoms with Crippen LogP contribution in [0.2, 0.25) is 0 Å². The Hall–Kier alpha value is -0.720. The van der Waals surface area contributed by atoms with Crippen molar-refractivity contribution in [3.63, 3.8) is 0 Å². The van der Waals surface area contributed by atoms with Crippen LogP contribution < -0.4 is 0 Å². The maximum Gasteiger partial charge on any atom is 0.0180 e. The molecule has 2 aliphatic carbocycles. The largest absolute Gasteiger partial charge is 0.362 e. The van der Waals surface area contributed by atoms with Gasteiger partial charge in [-0.3, -0.25) is 0 Å². The van der Waals surface area contributed by atoms with Crippen LogP contribution in [-0.2, 0) is 0 Å². The zero-order chi connectivity index (χ0) is 11.5. The highest BCUT2D eigenvalue weighted by atomic mass is 14.7. The molecular weight excluding hydrogens is 206 g/mol. The van der Waals surface area contributed by atoms with E-state index in [0.717, 1.165) is 11.8 Å². The summed E-state index contributed by atoms with van der Waals surface area (Å²) in [4.78, 5) is 3.75. The summed E-state index contributed by atoms with van der Waals surface area (Å²) in [5.74, 6) is 1.67. The minimum absolute atomic E-state index is 0.834. The Labute approximate surface area is 105 Å². The molecule has 3 rings (SSSR count). The van der Waals surface area contributed by atoms with E-state index in [2.05, 4.69) is 17.1 Å². The summed E-state index contributed by atoms with van der Waals surface area (Å²) < 4.78 is 0. The SMILES string of the molecule is c1cc(C2CCCCC2)[nH]c1C1CCCCC1. The van der Waals surface area contributed by atoms with Gasteiger partial charge in [-0.15, -0.1) is 0 Å². The highest BCUT2D eigenvalue weighted by molar-refractivity contribution is 5.20. The molecule has 0 atom stereocenters. The molecule has 1 nitrogen and oxygen atoms in total. The summed E-state index contributed by atoms with van der Waals surface area (Å²) in [6.07, 6.45) is 14.3. The smallest absolute Gasteiger partial charge is 0.0180 e. The van der Waals surface area contributed by atoms with Gasteiger partial charge in [0.05, 0.1) is 0 Å². The average molecular weight is 231 g/mol. The van der Waals surface area contributed by atoms with Crippen LogP contribution in [0.3, 0.4) is 0 Å². The molecule has 2 saturated carbocycles. The first kappa shape index (κ1) is 11.4. The predicted octanol–water partition coefficient (Wildman–Crippen LogP) is 5.11. The van der Waals surface area contributed by atoms with Crippen molar-refractivity contribution in [2.75, 3.05) is 0 Å². The molecule has 0 radical (unpaired) electrons. The summed E-state index contributed by atoms with van der Waals surface area (Å²) >= 11 is 0. The van der Waals surface area contributed by atoms with E-state index in [1.165, 1.54) is 75.6 Å². The third kappa shape index (κ3) is 2.59. The summed E-state index contributed by atoms with van der Waals surface area (Å²) in [7, 11) is 0. The van der Waals surface area contributed by atoms with Crippen molar-refractivity contribution >= 4 is 0 Å². The Morgan fingerprint density at radius 3 is 1.47 bits per heavy atom. The highest BCUT2D eigenvalue weighted by Gasteiger charge is 2.20. The maximum atomic E-state index is 3.75. The van der Waals surface area contributed by atoms with E-state index in [-0.39, 0.29) is 0 Å². The minimum Gasteiger partial charge on any atom is -0.362 e. The first-order chi connectivity index (χ1) is 8.43. The molecule has 2 fully saturated rings. The van der Waals surface area contributed by atoms with E-state index in [9.17, 15) is 0 Å². The Morgan fingerprint density at radius 1 is 0.647 bits per heavy atom. The lowest BCUT2D eigenvalue weighted by Crippen LogP contribution is -2.07. The van der Waals surface area contributed by atoms with Crippen molar-refractivity contribution < 1.29 is 0 Å². The first-order valence-electron chi connectivity index (χ1n) is 7.62. The molecular formula is C16H25N. The van der Waals surface area contributed by atoms with Gasteiger partial charge < -0.3 is 4.98 Å². The predicted molar refractivity (Wildman–Crippen MR) is 72.4 cm³/mol. The van der Waals surface area contributed by atoms with Crippen molar-refractivity contribution in [2.24, 2.45) is 0 Å². The molecule has 0 saturated heterocycles. The number of nitrogens with one attached hydrogen (secondary N) is 1. The van der Waals surface area contributed by atoms with E-state index >= 15 is 0 Å². The number of H-pyrrole nitrogens is 1. The fraction of sp³-hybridized carbons (Fsp3) is 0.750. The van der Waals surface area contributed by atoms with Gasteiger partial charge >= 0.3 is 0 Å². The number of rotatable bonds is 2. The molecule has 94 valence electrons. The van der Waals surface area contributed by atoms with Gasteiger partial charge in [0.2, 0.25) is 0 Å². The van der Waals surface area contributed by atoms with Gasteiger partial charge in [-0.05, 0) is 49.7 Å². The Kier molecular flexibility index (Phi) is 3.54. The van der Waals surface area contributed by atoms with Gasteiger partial charge in [-0.2, -0.15) is 0 Å². The Morgan fingerprint density at radius 2 is 1.06 bits per heavy atom. The zero-order valence-electron chi connectivity index (χ0n) is 10.9. The van der Waals surface area contributed by atoms with Gasteiger partial charge in [-0.25, -0.2) is 0 Å². The molecule has 0 amide bonds. The molecule has 1 N–H and O–H groups in total. The normalized spacial score (nSPS) is 24.0. The third-order valence-corrected chi connectivity index (χ3v) is 4.82. The fourth-order valence-corrected chi connectivity index (χ4v) is 3.73. The van der Waals surface area contributed by atoms with Crippen LogP contribution in [0.25, 0.3) is 0 Å². The van der Waals surface area contributed by atoms with Crippen LogP contribution in [0.15, 0.2) is 12.1 Å². The number of hydrogen-bond donors (Lipinski definition) is 1. The molecule has 0 spiro atoms. The summed E-state index contributed by atoms with van der Waals surface area (Å²) in [6.45, 7) is 0. The lowest BCUT2D eigenvalue weighted by Gasteiger charge is -2.22. The minimum atomic E-state index is 0.834. The van der Waals surface area contributed by atoms with Gasteiger partial charge in [0.15, 0.2) is 0 Å². The van der Waals surface area contributed by atoms with Crippen molar-refractivity contribution in [1.82, 2.24) is 4.98 Å². The second kappa shape index (κ2) is 5.29. The molecule has 0 aromatic carbocycles. The van der Waals surface area contributed by atoms with E-state index < -0.39 is 0 Å². The number of hydrogen-bond acceptors (Lipinski definition) is 0. The van der Waals surface area contributed by atoms with Gasteiger partial charge in [-0.1, -0.05) is 38.5 Å². The third-order valence-electron chi connectivity index (χ3n) is 4.82. The van der Waals surface area contributed by atoms with E-state index in [1.807, 2.05) is 0 Å². The van der Waals surface area contributed by atoms with Gasteiger partial charge in [0, 0.05) is 11.4 Å². The second-order valence-electron chi connectivity index (χ2n) is 6.04. The van der Waals surface area contributed by atoms with E-state index in [4.69, 9.17) is 0 Å². The lowest BCUT2D eigenvalue weighted by atomic mass is 9.87. The molecule has 0 bridgehead atoms. The zero-order valence-corrected chi connectivity index (χ0v) is 10.9. The van der Waals surface area contributed by atoms with Crippen LogP contribution in [0.1, 0.15) is 87.4 Å². The van der Waals surface area contributed by atoms with Crippen molar-refractivity contribution in [2.45, 2.75) is 76.0 Å². The number of aromatic amines is 1. The van der Waals surface area contributed by atoms with Crippen molar-refractivity contribution in [1.29, 1.82) is 0 Å². The first-order valence-corrected chi connectivity index (χ1v) is 7.62. The maximum absolute atomic E-state index is 3.75. The van der Waals surface area contributed by atoms with Gasteiger partial charge in [0.1, 0.15) is 0 Å². The molecule has 1 heterocycles. The summed E-state index contributed by atoms with van der Waals surface area (Å²) in [5.41, 5.74) is 3.07. The van der Waals surface area contributed by atoms with Crippen molar-refractivity contribution in [3.05, 3.63) is 23.5 Å². The fourth-order valence-electron chi connectivity index (χ4n) is 3.73. The lowest BCUT2D eigenvalue weighted by molar-refractivity contribution is 0.426. The van der Waals surface area contributed by atoms with Crippen LogP contribution in [0.5, 0.6) is 0 Å². The average Bonchev–Trinajstić information content (AvgIpc) is 2.90. The number of aromatic nitrogens is 1. The summed E-state index contributed by atoms with van der Waals surface area (Å²) in [6, 6.07) is 4.75. The van der Waals surface area contributed by atoms with Crippen LogP contribution in [-0.4, -0.2) is 4.98 Å². The molecule has 1 aromatic heterocycles. The van der Waals surface area contributed by atoms with Gasteiger partial charge in [0.25, 0.3) is 0 Å². The standard InChI is InChI=1S/C16H25N/c1-3-7-13(8-4-1)15-11-12-16(17-15)14-9-5-2-6-10-14/h11-14,17H,1-10H2. The Balaban J connectivity index is 1.68. The molecule has 1 aromatic rings. The van der Waals surface area contributed by atoms with E-state index in [1.54, 1.807) is 0 Å². The second-order valence-corrected chi connectivity index (χ2v) is 6.04. The van der Waals surface area contributed by atoms with Crippen LogP contribution >= 0.6 is 0 Å². The quantitative estimate of drug-likeness (QED) is 0.728. The highest BCUT2D eigenvalue weighted by Crippen LogP contribution is 2.36. The van der Waals surface area contributed by atoms with Crippen LogP contribution in [0, 0.1) is 0 Å². The van der Waals surface area contributed by atoms with Crippen LogP contribution in [0.4, 0.5) is 0 Å². The Bertz CT molecular complexity index is 308. The molecule has 0 aliphatic heterocycles. The van der Waals surface area contributed by atoms with Crippen molar-refractivity contribution in [3.8, 4) is 0 Å². The monoisotopic (exact) mass is 231 g/mol. The molecule has 0 unspecified atom stereocenters. The van der Waals surface area contributed by atoms with E-state index in [0.29, 0.717) is 0 Å².